The van der Waals surface area contributed by atoms with E-state index in [0.717, 1.165) is 0 Å². The molecule has 0 saturated heterocycles. The Balaban J connectivity index is 0. The van der Waals surface area contributed by atoms with Gasteiger partial charge in [-0.05, 0) is 26.5 Å². The van der Waals surface area contributed by atoms with Gasteiger partial charge in [0.15, 0.2) is 0 Å². The predicted octanol–water partition coefficient (Wildman–Crippen LogP) is -1.36. The van der Waals surface area contributed by atoms with E-state index in [1.165, 1.54) is 20.8 Å². The molecule has 3 nitrogen and oxygen atoms in total. The molecule has 0 radical (unpaired) electrons. The molecule has 0 fully saturated rings. The summed E-state index contributed by atoms with van der Waals surface area (Å²) in [5.41, 5.74) is -1.21. The molecule has 0 aliphatic rings. The van der Waals surface area contributed by atoms with Crippen LogP contribution in [0.1, 0.15) is 20.8 Å². The van der Waals surface area contributed by atoms with Crippen LogP contribution in [0.25, 0.3) is 0 Å². The average Bonchev–Trinajstić information content (AvgIpc) is 2.00. The van der Waals surface area contributed by atoms with Crippen LogP contribution in [0.15, 0.2) is 17.0 Å². The Morgan fingerprint density at radius 1 is 1.44 bits per heavy atom. The summed E-state index contributed by atoms with van der Waals surface area (Å²) in [7, 11) is 0. The van der Waals surface area contributed by atoms with Crippen molar-refractivity contribution >= 4 is 5.71 Å². The van der Waals surface area contributed by atoms with Crippen LogP contribution in [0, 0.1) is 0 Å². The molecule has 0 aromatic rings. The van der Waals surface area contributed by atoms with E-state index in [9.17, 15) is 18.3 Å². The molecule has 0 aliphatic heterocycles. The first kappa shape index (κ1) is 17.8. The van der Waals surface area contributed by atoms with Crippen LogP contribution in [-0.4, -0.2) is 24.5 Å². The summed E-state index contributed by atoms with van der Waals surface area (Å²) in [4.78, 5) is 3.31. The van der Waals surface area contributed by atoms with E-state index in [4.69, 9.17) is 0 Å². The summed E-state index contributed by atoms with van der Waals surface area (Å²) in [6, 6.07) is -0.535. The first-order valence-corrected chi connectivity index (χ1v) is 4.43. The second kappa shape index (κ2) is 7.64. The number of alkyl halides is 3. The van der Waals surface area contributed by atoms with Crippen molar-refractivity contribution in [1.29, 1.82) is 0 Å². The molecule has 0 spiro atoms. The van der Waals surface area contributed by atoms with Gasteiger partial charge in [-0.15, -0.1) is 0 Å². The van der Waals surface area contributed by atoms with E-state index in [1.807, 2.05) is 0 Å². The third-order valence-corrected chi connectivity index (χ3v) is 1.23. The SMILES string of the molecule is CCO/C([O-])=C/C(=NC(C)C)C(F)(F)F.[Li+]. The molecule has 0 aliphatic carbocycles. The van der Waals surface area contributed by atoms with Gasteiger partial charge in [-0.3, -0.25) is 4.99 Å². The molecule has 16 heavy (non-hydrogen) atoms. The molecule has 0 atom stereocenters. The average molecular weight is 231 g/mol. The summed E-state index contributed by atoms with van der Waals surface area (Å²) in [5.74, 6) is -1.03. The van der Waals surface area contributed by atoms with Crippen LogP contribution < -0.4 is 24.0 Å². The Morgan fingerprint density at radius 2 is 1.94 bits per heavy atom. The van der Waals surface area contributed by atoms with Crippen LogP contribution in [0.2, 0.25) is 0 Å². The minimum absolute atomic E-state index is 0. The maximum absolute atomic E-state index is 12.3. The number of halogens is 3. The summed E-state index contributed by atoms with van der Waals surface area (Å²) in [6.07, 6.45) is -4.26. The topological polar surface area (TPSA) is 44.6 Å². The molecule has 0 rings (SSSR count). The number of ether oxygens (including phenoxy) is 1. The number of rotatable bonds is 4. The number of allylic oxidation sites excluding steroid dienone is 1. The fourth-order valence-corrected chi connectivity index (χ4v) is 0.766. The van der Waals surface area contributed by atoms with Gasteiger partial charge >= 0.3 is 25.0 Å². The summed E-state index contributed by atoms with van der Waals surface area (Å²) >= 11 is 0. The molecule has 0 saturated carbocycles. The van der Waals surface area contributed by atoms with Gasteiger partial charge in [0.25, 0.3) is 0 Å². The van der Waals surface area contributed by atoms with Crippen molar-refractivity contribution in [2.24, 2.45) is 4.99 Å². The quantitative estimate of drug-likeness (QED) is 0.341. The van der Waals surface area contributed by atoms with Gasteiger partial charge in [-0.2, -0.15) is 13.2 Å². The van der Waals surface area contributed by atoms with Crippen molar-refractivity contribution in [2.45, 2.75) is 33.0 Å². The van der Waals surface area contributed by atoms with Gasteiger partial charge in [0.05, 0.1) is 5.95 Å². The molecule has 0 aromatic carbocycles. The molecule has 0 aromatic heterocycles. The van der Waals surface area contributed by atoms with E-state index in [2.05, 4.69) is 9.73 Å². The number of hydrogen-bond acceptors (Lipinski definition) is 3. The largest absolute Gasteiger partial charge is 1.00 e. The van der Waals surface area contributed by atoms with Crippen molar-refractivity contribution in [2.75, 3.05) is 6.61 Å². The van der Waals surface area contributed by atoms with E-state index in [1.54, 1.807) is 0 Å². The summed E-state index contributed by atoms with van der Waals surface area (Å²) in [6.45, 7) is 4.52. The Bertz CT molecular complexity index is 262. The number of aliphatic imine (C=N–C) groups is 1. The predicted molar refractivity (Wildman–Crippen MR) is 48.3 cm³/mol. The molecular weight excluding hydrogens is 218 g/mol. The van der Waals surface area contributed by atoms with E-state index in [-0.39, 0.29) is 25.5 Å². The van der Waals surface area contributed by atoms with Gasteiger partial charge in [-0.25, -0.2) is 0 Å². The van der Waals surface area contributed by atoms with Gasteiger partial charge < -0.3 is 9.84 Å². The second-order valence-corrected chi connectivity index (χ2v) is 3.00. The maximum Gasteiger partial charge on any atom is 1.00 e. The smallest absolute Gasteiger partial charge is 0.613 e. The van der Waals surface area contributed by atoms with Gasteiger partial charge in [0.1, 0.15) is 5.71 Å². The summed E-state index contributed by atoms with van der Waals surface area (Å²) in [5, 5.41) is 10.8. The normalized spacial score (nSPS) is 13.7. The van der Waals surface area contributed by atoms with Gasteiger partial charge in [0.2, 0.25) is 0 Å². The Hall–Kier alpha value is -0.603. The van der Waals surface area contributed by atoms with Crippen LogP contribution in [-0.2, 0) is 4.74 Å². The zero-order valence-electron chi connectivity index (χ0n) is 9.76. The monoisotopic (exact) mass is 231 g/mol. The number of hydrogen-bond donors (Lipinski definition) is 0. The van der Waals surface area contributed by atoms with Crippen molar-refractivity contribution in [3.05, 3.63) is 12.0 Å². The second-order valence-electron chi connectivity index (χ2n) is 3.00. The fourth-order valence-electron chi connectivity index (χ4n) is 0.766. The van der Waals surface area contributed by atoms with Crippen LogP contribution in [0.5, 0.6) is 0 Å². The summed E-state index contributed by atoms with van der Waals surface area (Å²) < 4.78 is 41.3. The molecule has 0 unspecified atom stereocenters. The molecular formula is C9H13F3LiNO2. The molecule has 7 heteroatoms. The van der Waals surface area contributed by atoms with E-state index in [0.29, 0.717) is 6.08 Å². The van der Waals surface area contributed by atoms with Crippen molar-refractivity contribution in [3.8, 4) is 0 Å². The molecule has 0 N–H and O–H groups in total. The van der Waals surface area contributed by atoms with E-state index < -0.39 is 23.9 Å². The zero-order valence-corrected chi connectivity index (χ0v) is 9.76. The van der Waals surface area contributed by atoms with Crippen LogP contribution in [0.3, 0.4) is 0 Å². The van der Waals surface area contributed by atoms with Crippen molar-refractivity contribution in [1.82, 2.24) is 0 Å². The standard InChI is InChI=1S/C9H14F3NO2.Li/c1-4-15-8(14)5-7(9(10,11)12)13-6(2)3;/h5-6,14H,4H2,1-3H3;/q;+1/p-1/b8-5+,13-7?;. The van der Waals surface area contributed by atoms with Gasteiger partial charge in [-0.1, -0.05) is 6.92 Å². The van der Waals surface area contributed by atoms with E-state index >= 15 is 0 Å². The molecule has 0 amide bonds. The third-order valence-electron chi connectivity index (χ3n) is 1.23. The minimum Gasteiger partial charge on any atom is -0.613 e. The Kier molecular flexibility index (Phi) is 8.49. The first-order chi connectivity index (χ1) is 6.77. The van der Waals surface area contributed by atoms with Crippen molar-refractivity contribution < 1.29 is 41.9 Å². The van der Waals surface area contributed by atoms with Gasteiger partial charge in [0, 0.05) is 6.04 Å². The first-order valence-electron chi connectivity index (χ1n) is 4.43. The molecule has 88 valence electrons. The third kappa shape index (κ3) is 7.66. The molecule has 0 heterocycles. The Morgan fingerprint density at radius 3 is 2.25 bits per heavy atom. The zero-order chi connectivity index (χ0) is 12.1. The number of nitrogens with zero attached hydrogens (tertiary/aromatic N) is 1. The maximum atomic E-state index is 12.3. The fraction of sp³-hybridized carbons (Fsp3) is 0.667. The van der Waals surface area contributed by atoms with Crippen molar-refractivity contribution in [3.63, 3.8) is 0 Å². The minimum atomic E-state index is -4.63. The van der Waals surface area contributed by atoms with Crippen LogP contribution >= 0.6 is 0 Å². The molecule has 0 bridgehead atoms. The van der Waals surface area contributed by atoms with Crippen LogP contribution in [0.4, 0.5) is 13.2 Å². The Labute approximate surface area is 105 Å².